The van der Waals surface area contributed by atoms with Crippen molar-refractivity contribution in [1.82, 2.24) is 30.0 Å². The van der Waals surface area contributed by atoms with Crippen LogP contribution in [-0.2, 0) is 7.05 Å². The fourth-order valence-corrected chi connectivity index (χ4v) is 4.16. The number of imidazole rings is 1. The van der Waals surface area contributed by atoms with E-state index in [0.717, 1.165) is 49.8 Å². The standard InChI is InChI=1S/C22H20N6OS/c1-23-22(29)14-5-3-13(4-6-14)21-25-19(20(26-21)17-9-10-28(2)27-17)15-7-8-16-18(11-15)30-12-24-16/h3-12,22-23,29H,1-2H3,(H,25,26). The fraction of sp³-hybridized carbons (Fsp3) is 0.136. The van der Waals surface area contributed by atoms with Crippen LogP contribution in [0.4, 0.5) is 0 Å². The molecule has 1 unspecified atom stereocenters. The number of aryl methyl sites for hydroxylation is 1. The first-order valence-electron chi connectivity index (χ1n) is 9.51. The van der Waals surface area contributed by atoms with Crippen LogP contribution in [0, 0.1) is 0 Å². The molecule has 0 aliphatic carbocycles. The van der Waals surface area contributed by atoms with Gasteiger partial charge in [-0.1, -0.05) is 30.3 Å². The van der Waals surface area contributed by atoms with Gasteiger partial charge >= 0.3 is 0 Å². The summed E-state index contributed by atoms with van der Waals surface area (Å²) in [4.78, 5) is 12.7. The van der Waals surface area contributed by atoms with Crippen molar-refractivity contribution in [3.63, 3.8) is 0 Å². The Hall–Kier alpha value is -3.33. The van der Waals surface area contributed by atoms with E-state index in [9.17, 15) is 5.11 Å². The van der Waals surface area contributed by atoms with Crippen molar-refractivity contribution >= 4 is 21.6 Å². The van der Waals surface area contributed by atoms with E-state index in [2.05, 4.69) is 26.4 Å². The zero-order valence-corrected chi connectivity index (χ0v) is 17.3. The summed E-state index contributed by atoms with van der Waals surface area (Å²) in [6.07, 6.45) is 1.22. The number of fused-ring (bicyclic) bond motifs is 1. The number of thiazole rings is 1. The number of aromatic nitrogens is 5. The second-order valence-electron chi connectivity index (χ2n) is 7.03. The summed E-state index contributed by atoms with van der Waals surface area (Å²) in [5.74, 6) is 0.751. The molecule has 30 heavy (non-hydrogen) atoms. The molecule has 5 aromatic rings. The molecule has 150 valence electrons. The third-order valence-electron chi connectivity index (χ3n) is 5.05. The van der Waals surface area contributed by atoms with Gasteiger partial charge in [0.25, 0.3) is 0 Å². The van der Waals surface area contributed by atoms with E-state index >= 15 is 0 Å². The summed E-state index contributed by atoms with van der Waals surface area (Å²) in [7, 11) is 3.62. The van der Waals surface area contributed by atoms with Crippen LogP contribution in [0.5, 0.6) is 0 Å². The molecule has 3 heterocycles. The number of aliphatic hydroxyl groups excluding tert-OH is 1. The molecular weight excluding hydrogens is 396 g/mol. The summed E-state index contributed by atoms with van der Waals surface area (Å²) >= 11 is 1.61. The molecule has 0 aliphatic heterocycles. The molecule has 0 fully saturated rings. The largest absolute Gasteiger partial charge is 0.374 e. The maximum atomic E-state index is 9.96. The Morgan fingerprint density at radius 3 is 2.63 bits per heavy atom. The number of aromatic amines is 1. The van der Waals surface area contributed by atoms with Crippen LogP contribution in [0.3, 0.4) is 0 Å². The Kier molecular flexibility index (Phi) is 4.66. The lowest BCUT2D eigenvalue weighted by Crippen LogP contribution is -2.14. The molecule has 0 amide bonds. The quantitative estimate of drug-likeness (QED) is 0.377. The maximum absolute atomic E-state index is 9.96. The molecule has 2 aromatic carbocycles. The van der Waals surface area contributed by atoms with Gasteiger partial charge in [0.15, 0.2) is 0 Å². The molecule has 0 aliphatic rings. The van der Waals surface area contributed by atoms with Gasteiger partial charge in [-0.25, -0.2) is 9.97 Å². The van der Waals surface area contributed by atoms with Crippen molar-refractivity contribution < 1.29 is 5.11 Å². The Bertz CT molecular complexity index is 1320. The molecule has 8 heteroatoms. The van der Waals surface area contributed by atoms with Gasteiger partial charge in [0.05, 0.1) is 27.1 Å². The number of nitrogens with zero attached hydrogens (tertiary/aromatic N) is 4. The van der Waals surface area contributed by atoms with Crippen LogP contribution < -0.4 is 5.32 Å². The van der Waals surface area contributed by atoms with Crippen LogP contribution >= 0.6 is 11.3 Å². The van der Waals surface area contributed by atoms with E-state index in [-0.39, 0.29) is 0 Å². The lowest BCUT2D eigenvalue weighted by Gasteiger charge is -2.09. The zero-order chi connectivity index (χ0) is 20.7. The average molecular weight is 417 g/mol. The zero-order valence-electron chi connectivity index (χ0n) is 16.5. The van der Waals surface area contributed by atoms with Crippen LogP contribution in [0.25, 0.3) is 44.2 Å². The number of aliphatic hydroxyl groups is 1. The van der Waals surface area contributed by atoms with E-state index in [1.54, 1.807) is 23.1 Å². The predicted octanol–water partition coefficient (Wildman–Crippen LogP) is 3.96. The molecule has 3 N–H and O–H groups in total. The Morgan fingerprint density at radius 2 is 1.90 bits per heavy atom. The minimum absolute atomic E-state index is 0.693. The van der Waals surface area contributed by atoms with E-state index < -0.39 is 6.23 Å². The van der Waals surface area contributed by atoms with Gasteiger partial charge in [-0.2, -0.15) is 5.10 Å². The van der Waals surface area contributed by atoms with Gasteiger partial charge in [0.2, 0.25) is 0 Å². The topological polar surface area (TPSA) is 91.7 Å². The van der Waals surface area contributed by atoms with Gasteiger partial charge < -0.3 is 10.1 Å². The molecular formula is C22H20N6OS. The molecule has 0 spiro atoms. The first kappa shape index (κ1) is 18.7. The number of nitrogens with one attached hydrogen (secondary N) is 2. The molecule has 0 bridgehead atoms. The van der Waals surface area contributed by atoms with Crippen molar-refractivity contribution in [2.75, 3.05) is 7.05 Å². The van der Waals surface area contributed by atoms with Crippen molar-refractivity contribution in [1.29, 1.82) is 0 Å². The number of hydrogen-bond acceptors (Lipinski definition) is 6. The SMILES string of the molecule is CNC(O)c1ccc(-c2nc(-c3ccc4ncsc4c3)c(-c3ccn(C)n3)[nH]2)cc1. The van der Waals surface area contributed by atoms with E-state index in [0.29, 0.717) is 0 Å². The normalized spacial score (nSPS) is 12.5. The maximum Gasteiger partial charge on any atom is 0.138 e. The molecule has 1 atom stereocenters. The first-order chi connectivity index (χ1) is 14.6. The smallest absolute Gasteiger partial charge is 0.138 e. The summed E-state index contributed by atoms with van der Waals surface area (Å²) < 4.78 is 2.90. The third kappa shape index (κ3) is 3.30. The number of benzene rings is 2. The van der Waals surface area contributed by atoms with Crippen molar-refractivity contribution in [2.45, 2.75) is 6.23 Å². The second kappa shape index (κ2) is 7.49. The molecule has 0 radical (unpaired) electrons. The van der Waals surface area contributed by atoms with Crippen molar-refractivity contribution in [3.05, 3.63) is 65.8 Å². The Morgan fingerprint density at radius 1 is 1.10 bits per heavy atom. The highest BCUT2D eigenvalue weighted by atomic mass is 32.1. The Balaban J connectivity index is 1.63. The molecule has 7 nitrogen and oxygen atoms in total. The van der Waals surface area contributed by atoms with Gasteiger partial charge in [0, 0.05) is 24.4 Å². The second-order valence-corrected chi connectivity index (χ2v) is 7.92. The van der Waals surface area contributed by atoms with E-state index in [4.69, 9.17) is 4.98 Å². The molecule has 3 aromatic heterocycles. The van der Waals surface area contributed by atoms with Crippen molar-refractivity contribution in [3.8, 4) is 34.0 Å². The monoisotopic (exact) mass is 416 g/mol. The average Bonchev–Trinajstić information content (AvgIpc) is 3.51. The third-order valence-corrected chi connectivity index (χ3v) is 5.84. The lowest BCUT2D eigenvalue weighted by molar-refractivity contribution is 0.149. The van der Waals surface area contributed by atoms with Crippen LogP contribution in [0.15, 0.2) is 60.2 Å². The van der Waals surface area contributed by atoms with Gasteiger partial charge in [-0.05, 0) is 30.8 Å². The number of rotatable bonds is 5. The minimum atomic E-state index is -0.693. The highest BCUT2D eigenvalue weighted by Gasteiger charge is 2.18. The molecule has 0 saturated heterocycles. The number of hydrogen-bond donors (Lipinski definition) is 3. The molecule has 5 rings (SSSR count). The van der Waals surface area contributed by atoms with Crippen LogP contribution in [0.2, 0.25) is 0 Å². The minimum Gasteiger partial charge on any atom is -0.374 e. The summed E-state index contributed by atoms with van der Waals surface area (Å²) in [5, 5.41) is 17.4. The molecule has 0 saturated carbocycles. The predicted molar refractivity (Wildman–Crippen MR) is 119 cm³/mol. The fourth-order valence-electron chi connectivity index (χ4n) is 3.44. The van der Waals surface area contributed by atoms with E-state index in [1.807, 2.05) is 61.2 Å². The highest BCUT2D eigenvalue weighted by molar-refractivity contribution is 7.16. The van der Waals surface area contributed by atoms with Gasteiger partial charge in [-0.3, -0.25) is 10.00 Å². The lowest BCUT2D eigenvalue weighted by atomic mass is 10.1. The van der Waals surface area contributed by atoms with Crippen LogP contribution in [0.1, 0.15) is 11.8 Å². The van der Waals surface area contributed by atoms with Crippen LogP contribution in [-0.4, -0.2) is 36.9 Å². The van der Waals surface area contributed by atoms with Gasteiger partial charge in [-0.15, -0.1) is 11.3 Å². The van der Waals surface area contributed by atoms with Gasteiger partial charge in [0.1, 0.15) is 17.7 Å². The summed E-state index contributed by atoms with van der Waals surface area (Å²) in [6.45, 7) is 0. The summed E-state index contributed by atoms with van der Waals surface area (Å²) in [5.41, 5.74) is 8.13. The highest BCUT2D eigenvalue weighted by Crippen LogP contribution is 2.34. The number of H-pyrrole nitrogens is 1. The first-order valence-corrected chi connectivity index (χ1v) is 10.4. The summed E-state index contributed by atoms with van der Waals surface area (Å²) in [6, 6.07) is 15.8. The van der Waals surface area contributed by atoms with Crippen molar-refractivity contribution in [2.24, 2.45) is 7.05 Å². The van der Waals surface area contributed by atoms with E-state index in [1.165, 1.54) is 0 Å². The Labute approximate surface area is 177 Å².